The summed E-state index contributed by atoms with van der Waals surface area (Å²) in [6.07, 6.45) is 1.44. The van der Waals surface area contributed by atoms with Crippen LogP contribution in [0.2, 0.25) is 0 Å². The standard InChI is InChI=1S/C11H6Br2O3/c12-7-4-6(5-8(13)11(7)15)10(14)9-2-1-3-16-9/h1-5,15H. The van der Waals surface area contributed by atoms with Gasteiger partial charge in [0.25, 0.3) is 0 Å². The second-order valence-electron chi connectivity index (χ2n) is 3.09. The van der Waals surface area contributed by atoms with Gasteiger partial charge in [-0.05, 0) is 56.1 Å². The van der Waals surface area contributed by atoms with Gasteiger partial charge in [-0.25, -0.2) is 0 Å². The van der Waals surface area contributed by atoms with E-state index in [1.807, 2.05) is 0 Å². The van der Waals surface area contributed by atoms with Crippen LogP contribution in [-0.4, -0.2) is 10.9 Å². The summed E-state index contributed by atoms with van der Waals surface area (Å²) in [5.74, 6) is 0.104. The van der Waals surface area contributed by atoms with Crippen LogP contribution in [0.25, 0.3) is 0 Å². The minimum absolute atomic E-state index is 0.0657. The first kappa shape index (κ1) is 11.4. The Bertz CT molecular complexity index is 509. The van der Waals surface area contributed by atoms with Crippen molar-refractivity contribution in [2.45, 2.75) is 0 Å². The lowest BCUT2D eigenvalue weighted by Crippen LogP contribution is -1.99. The monoisotopic (exact) mass is 344 g/mol. The highest BCUT2D eigenvalue weighted by molar-refractivity contribution is 9.11. The Labute approximate surface area is 108 Å². The van der Waals surface area contributed by atoms with Crippen LogP contribution in [0, 0.1) is 0 Å². The quantitative estimate of drug-likeness (QED) is 0.843. The minimum atomic E-state index is -0.230. The molecule has 0 aliphatic carbocycles. The Morgan fingerprint density at radius 1 is 1.25 bits per heavy atom. The van der Waals surface area contributed by atoms with Crippen molar-refractivity contribution in [3.8, 4) is 5.75 Å². The highest BCUT2D eigenvalue weighted by Crippen LogP contribution is 2.33. The van der Waals surface area contributed by atoms with Crippen LogP contribution in [0.5, 0.6) is 5.75 Å². The molecular formula is C11H6Br2O3. The zero-order valence-corrected chi connectivity index (χ0v) is 11.1. The molecular weight excluding hydrogens is 340 g/mol. The second-order valence-corrected chi connectivity index (χ2v) is 4.80. The molecule has 82 valence electrons. The molecule has 0 saturated heterocycles. The number of halogens is 2. The number of carbonyl (C=O) groups excluding carboxylic acids is 1. The maximum absolute atomic E-state index is 11.9. The highest BCUT2D eigenvalue weighted by atomic mass is 79.9. The molecule has 0 unspecified atom stereocenters. The average molecular weight is 346 g/mol. The van der Waals surface area contributed by atoms with Crippen LogP contribution < -0.4 is 0 Å². The van der Waals surface area contributed by atoms with Gasteiger partial charge in [0.05, 0.1) is 15.2 Å². The van der Waals surface area contributed by atoms with Crippen LogP contribution in [0.15, 0.2) is 43.9 Å². The average Bonchev–Trinajstić information content (AvgIpc) is 2.77. The van der Waals surface area contributed by atoms with Crippen molar-refractivity contribution < 1.29 is 14.3 Å². The van der Waals surface area contributed by atoms with Gasteiger partial charge in [0, 0.05) is 5.56 Å². The molecule has 0 fully saturated rings. The fourth-order valence-electron chi connectivity index (χ4n) is 1.25. The molecule has 0 saturated carbocycles. The van der Waals surface area contributed by atoms with E-state index in [1.165, 1.54) is 6.26 Å². The third-order valence-corrected chi connectivity index (χ3v) is 3.23. The molecule has 1 heterocycles. The summed E-state index contributed by atoms with van der Waals surface area (Å²) < 4.78 is 5.93. The predicted molar refractivity (Wildman–Crippen MR) is 65.6 cm³/mol. The molecule has 0 radical (unpaired) electrons. The molecule has 16 heavy (non-hydrogen) atoms. The van der Waals surface area contributed by atoms with Crippen molar-refractivity contribution in [3.63, 3.8) is 0 Å². The molecule has 0 bridgehead atoms. The lowest BCUT2D eigenvalue weighted by molar-refractivity contribution is 0.101. The van der Waals surface area contributed by atoms with Crippen LogP contribution in [0.1, 0.15) is 16.1 Å². The first-order valence-corrected chi connectivity index (χ1v) is 5.94. The van der Waals surface area contributed by atoms with Crippen molar-refractivity contribution in [1.82, 2.24) is 0 Å². The topological polar surface area (TPSA) is 50.4 Å². The second kappa shape index (κ2) is 4.43. The normalized spacial score (nSPS) is 10.4. The minimum Gasteiger partial charge on any atom is -0.506 e. The first-order chi connectivity index (χ1) is 7.59. The van der Waals surface area contributed by atoms with Crippen molar-refractivity contribution >= 4 is 37.6 Å². The van der Waals surface area contributed by atoms with Gasteiger partial charge < -0.3 is 9.52 Å². The van der Waals surface area contributed by atoms with Gasteiger partial charge in [-0.15, -0.1) is 0 Å². The number of rotatable bonds is 2. The lowest BCUT2D eigenvalue weighted by atomic mass is 10.1. The smallest absolute Gasteiger partial charge is 0.228 e. The van der Waals surface area contributed by atoms with Crippen molar-refractivity contribution in [3.05, 3.63) is 50.8 Å². The fraction of sp³-hybridized carbons (Fsp3) is 0. The van der Waals surface area contributed by atoms with Gasteiger partial charge in [-0.2, -0.15) is 0 Å². The fourth-order valence-corrected chi connectivity index (χ4v) is 2.43. The molecule has 1 aromatic heterocycles. The van der Waals surface area contributed by atoms with Crippen LogP contribution in [-0.2, 0) is 0 Å². The Hall–Kier alpha value is -1.07. The van der Waals surface area contributed by atoms with E-state index in [0.717, 1.165) is 0 Å². The summed E-state index contributed by atoms with van der Waals surface area (Å²) in [5.41, 5.74) is 0.437. The van der Waals surface area contributed by atoms with Crippen molar-refractivity contribution in [2.24, 2.45) is 0 Å². The molecule has 0 amide bonds. The lowest BCUT2D eigenvalue weighted by Gasteiger charge is -2.03. The van der Waals surface area contributed by atoms with E-state index < -0.39 is 0 Å². The highest BCUT2D eigenvalue weighted by Gasteiger charge is 2.15. The Morgan fingerprint density at radius 3 is 2.38 bits per heavy atom. The van der Waals surface area contributed by atoms with E-state index >= 15 is 0 Å². The number of furan rings is 1. The predicted octanol–water partition coefficient (Wildman–Crippen LogP) is 3.74. The number of phenols is 1. The molecule has 3 nitrogen and oxygen atoms in total. The number of benzene rings is 1. The van der Waals surface area contributed by atoms with Crippen LogP contribution in [0.4, 0.5) is 0 Å². The summed E-state index contributed by atoms with van der Waals surface area (Å²) in [5, 5.41) is 9.51. The number of hydrogen-bond acceptors (Lipinski definition) is 3. The third-order valence-electron chi connectivity index (χ3n) is 2.02. The number of aromatic hydroxyl groups is 1. The Balaban J connectivity index is 2.46. The van der Waals surface area contributed by atoms with E-state index in [-0.39, 0.29) is 17.3 Å². The van der Waals surface area contributed by atoms with Crippen molar-refractivity contribution in [1.29, 1.82) is 0 Å². The van der Waals surface area contributed by atoms with Gasteiger partial charge in [-0.1, -0.05) is 0 Å². The van der Waals surface area contributed by atoms with E-state index in [9.17, 15) is 9.90 Å². The van der Waals surface area contributed by atoms with Gasteiger partial charge in [0.2, 0.25) is 5.78 Å². The van der Waals surface area contributed by atoms with Gasteiger partial charge >= 0.3 is 0 Å². The molecule has 1 N–H and O–H groups in total. The summed E-state index contributed by atoms with van der Waals surface area (Å²) in [7, 11) is 0. The summed E-state index contributed by atoms with van der Waals surface area (Å²) in [6, 6.07) is 6.34. The molecule has 0 aliphatic rings. The molecule has 1 aromatic carbocycles. The van der Waals surface area contributed by atoms with Gasteiger partial charge in [0.15, 0.2) is 5.76 Å². The number of hydrogen-bond donors (Lipinski definition) is 1. The zero-order chi connectivity index (χ0) is 11.7. The maximum atomic E-state index is 11.9. The summed E-state index contributed by atoms with van der Waals surface area (Å²) >= 11 is 6.33. The van der Waals surface area contributed by atoms with E-state index in [0.29, 0.717) is 14.5 Å². The Kier molecular flexibility index (Phi) is 3.16. The molecule has 0 aliphatic heterocycles. The van der Waals surface area contributed by atoms with Crippen molar-refractivity contribution in [2.75, 3.05) is 0 Å². The zero-order valence-electron chi connectivity index (χ0n) is 7.91. The maximum Gasteiger partial charge on any atom is 0.228 e. The number of phenolic OH excluding ortho intramolecular Hbond substituents is 1. The van der Waals surface area contributed by atoms with E-state index in [1.54, 1.807) is 24.3 Å². The van der Waals surface area contributed by atoms with Crippen LogP contribution in [0.3, 0.4) is 0 Å². The van der Waals surface area contributed by atoms with Gasteiger partial charge in [-0.3, -0.25) is 4.79 Å². The van der Waals surface area contributed by atoms with E-state index in [4.69, 9.17) is 4.42 Å². The Morgan fingerprint density at radius 2 is 1.88 bits per heavy atom. The van der Waals surface area contributed by atoms with Crippen LogP contribution >= 0.6 is 31.9 Å². The molecule has 5 heteroatoms. The summed E-state index contributed by atoms with van der Waals surface area (Å²) in [4.78, 5) is 11.9. The summed E-state index contributed by atoms with van der Waals surface area (Å²) in [6.45, 7) is 0. The molecule has 0 atom stereocenters. The van der Waals surface area contributed by atoms with Gasteiger partial charge in [0.1, 0.15) is 5.75 Å². The first-order valence-electron chi connectivity index (χ1n) is 4.36. The SMILES string of the molecule is O=C(c1cc(Br)c(O)c(Br)c1)c1ccco1. The molecule has 2 aromatic rings. The molecule has 0 spiro atoms. The third kappa shape index (κ3) is 2.05. The number of carbonyl (C=O) groups is 1. The molecule has 2 rings (SSSR count). The van der Waals surface area contributed by atoms with E-state index in [2.05, 4.69) is 31.9 Å². The largest absolute Gasteiger partial charge is 0.506 e. The number of ketones is 1.